The number of rotatable bonds is 9. The van der Waals surface area contributed by atoms with Crippen LogP contribution in [0.4, 0.5) is 0 Å². The summed E-state index contributed by atoms with van der Waals surface area (Å²) in [5, 5.41) is 8.84. The molecule has 198 valence electrons. The molecule has 0 unspecified atom stereocenters. The van der Waals surface area contributed by atoms with Gasteiger partial charge in [0.05, 0.1) is 12.8 Å². The molecule has 1 N–H and O–H groups in total. The second-order valence-electron chi connectivity index (χ2n) is 13.5. The lowest BCUT2D eigenvalue weighted by Gasteiger charge is -2.58. The molecular formula is C31H50O4. The summed E-state index contributed by atoms with van der Waals surface area (Å²) in [5.74, 6) is 3.68. The number of hydrogen-bond acceptors (Lipinski definition) is 3. The van der Waals surface area contributed by atoms with Crippen molar-refractivity contribution in [3.8, 4) is 0 Å². The van der Waals surface area contributed by atoms with Crippen LogP contribution >= 0.6 is 0 Å². The van der Waals surface area contributed by atoms with Crippen molar-refractivity contribution in [3.63, 3.8) is 0 Å². The van der Waals surface area contributed by atoms with E-state index in [0.717, 1.165) is 54.8 Å². The Balaban J connectivity index is 1.40. The van der Waals surface area contributed by atoms with E-state index in [1.165, 1.54) is 56.9 Å². The number of fused-ring (bicyclic) bond motifs is 5. The molecule has 4 nitrogen and oxygen atoms in total. The quantitative estimate of drug-likeness (QED) is 0.267. The van der Waals surface area contributed by atoms with Crippen molar-refractivity contribution in [1.29, 1.82) is 0 Å². The second kappa shape index (κ2) is 10.6. The number of carbonyl (C=O) groups is 2. The smallest absolute Gasteiger partial charge is 0.306 e. The van der Waals surface area contributed by atoms with Gasteiger partial charge >= 0.3 is 11.9 Å². The molecule has 0 aromatic carbocycles. The third-order valence-electron chi connectivity index (χ3n) is 11.1. The number of esters is 1. The summed E-state index contributed by atoms with van der Waals surface area (Å²) < 4.78 is 5.70. The first-order chi connectivity index (χ1) is 16.5. The number of allylic oxidation sites excluding steroid dienone is 1. The molecule has 0 aromatic rings. The molecule has 0 radical (unpaired) electrons. The van der Waals surface area contributed by atoms with Gasteiger partial charge in [0.1, 0.15) is 6.10 Å². The van der Waals surface area contributed by atoms with Crippen molar-refractivity contribution in [2.45, 2.75) is 124 Å². The van der Waals surface area contributed by atoms with Gasteiger partial charge in [0, 0.05) is 6.42 Å². The Labute approximate surface area is 213 Å². The summed E-state index contributed by atoms with van der Waals surface area (Å²) in [6.07, 6.45) is 16.0. The third kappa shape index (κ3) is 5.37. The van der Waals surface area contributed by atoms with Crippen LogP contribution in [0.15, 0.2) is 11.6 Å². The minimum absolute atomic E-state index is 0.0236. The third-order valence-corrected chi connectivity index (χ3v) is 11.1. The molecule has 0 aliphatic heterocycles. The minimum atomic E-state index is -0.942. The molecule has 0 bridgehead atoms. The Morgan fingerprint density at radius 1 is 1.03 bits per heavy atom. The normalized spacial score (nSPS) is 39.3. The maximum atomic E-state index is 12.1. The van der Waals surface area contributed by atoms with Crippen molar-refractivity contribution >= 4 is 11.9 Å². The summed E-state index contributed by atoms with van der Waals surface area (Å²) in [4.78, 5) is 22.9. The standard InChI is InChI=1S/C31H50O4/c1-20(2)7-6-8-21(3)25-11-12-26-24-10-9-22-19-23(35-29(34)14-13-28(32)33)15-17-30(22,4)27(24)16-18-31(25,26)5/h9,20-21,23-27H,6-8,10-19H2,1-5H3,(H,32,33)/t21-,23+,24+,25-,26+,27-,30+,31-/m1/s1. The number of aliphatic carboxylic acids is 1. The van der Waals surface area contributed by atoms with Gasteiger partial charge in [-0.15, -0.1) is 0 Å². The largest absolute Gasteiger partial charge is 0.481 e. The lowest BCUT2D eigenvalue weighted by Crippen LogP contribution is -2.51. The van der Waals surface area contributed by atoms with Crippen molar-refractivity contribution in [1.82, 2.24) is 0 Å². The molecular weight excluding hydrogens is 436 g/mol. The molecule has 0 amide bonds. The van der Waals surface area contributed by atoms with Gasteiger partial charge in [-0.25, -0.2) is 0 Å². The lowest BCUT2D eigenvalue weighted by atomic mass is 9.47. The first kappa shape index (κ1) is 26.7. The highest BCUT2D eigenvalue weighted by Crippen LogP contribution is 2.67. The van der Waals surface area contributed by atoms with Crippen molar-refractivity contribution in [2.75, 3.05) is 0 Å². The predicted molar refractivity (Wildman–Crippen MR) is 140 cm³/mol. The molecule has 8 atom stereocenters. The number of ether oxygens (including phenoxy) is 1. The van der Waals surface area contributed by atoms with Gasteiger partial charge < -0.3 is 9.84 Å². The van der Waals surface area contributed by atoms with Gasteiger partial charge in [-0.3, -0.25) is 9.59 Å². The van der Waals surface area contributed by atoms with Crippen LogP contribution in [0.3, 0.4) is 0 Å². The predicted octanol–water partition coefficient (Wildman–Crippen LogP) is 7.80. The highest BCUT2D eigenvalue weighted by Gasteiger charge is 2.59. The van der Waals surface area contributed by atoms with Gasteiger partial charge in [-0.2, -0.15) is 0 Å². The van der Waals surface area contributed by atoms with Crippen LogP contribution < -0.4 is 0 Å². The van der Waals surface area contributed by atoms with Gasteiger partial charge in [0.25, 0.3) is 0 Å². The Kier molecular flexibility index (Phi) is 8.08. The lowest BCUT2D eigenvalue weighted by molar-refractivity contribution is -0.154. The number of hydrogen-bond donors (Lipinski definition) is 1. The summed E-state index contributed by atoms with van der Waals surface area (Å²) in [5.41, 5.74) is 2.27. The minimum Gasteiger partial charge on any atom is -0.481 e. The van der Waals surface area contributed by atoms with E-state index < -0.39 is 5.97 Å². The highest BCUT2D eigenvalue weighted by molar-refractivity contribution is 5.76. The second-order valence-corrected chi connectivity index (χ2v) is 13.5. The number of carboxylic acid groups (broad SMARTS) is 1. The molecule has 0 heterocycles. The van der Waals surface area contributed by atoms with Crippen LogP contribution in [0.25, 0.3) is 0 Å². The molecule has 4 rings (SSSR count). The van der Waals surface area contributed by atoms with Crippen LogP contribution in [-0.2, 0) is 14.3 Å². The van der Waals surface area contributed by atoms with Crippen molar-refractivity contribution in [2.24, 2.45) is 46.3 Å². The van der Waals surface area contributed by atoms with Crippen LogP contribution in [0.1, 0.15) is 118 Å². The van der Waals surface area contributed by atoms with Crippen molar-refractivity contribution < 1.29 is 19.4 Å². The summed E-state index contributed by atoms with van der Waals surface area (Å²) in [6, 6.07) is 0. The molecule has 0 spiro atoms. The topological polar surface area (TPSA) is 63.6 Å². The number of carboxylic acids is 1. The molecule has 4 aliphatic carbocycles. The molecule has 3 fully saturated rings. The monoisotopic (exact) mass is 486 g/mol. The van der Waals surface area contributed by atoms with Crippen molar-refractivity contribution in [3.05, 3.63) is 11.6 Å². The average Bonchev–Trinajstić information content (AvgIpc) is 3.15. The van der Waals surface area contributed by atoms with Gasteiger partial charge in [-0.05, 0) is 91.3 Å². The van der Waals surface area contributed by atoms with Crippen LogP contribution in [0.2, 0.25) is 0 Å². The molecule has 4 aliphatic rings. The fourth-order valence-corrected chi connectivity index (χ4v) is 9.21. The van der Waals surface area contributed by atoms with Gasteiger partial charge in [0.2, 0.25) is 0 Å². The fraction of sp³-hybridized carbons (Fsp3) is 0.871. The zero-order chi connectivity index (χ0) is 25.4. The molecule has 35 heavy (non-hydrogen) atoms. The zero-order valence-corrected chi connectivity index (χ0v) is 23.0. The number of carbonyl (C=O) groups excluding carboxylic acids is 1. The van der Waals surface area contributed by atoms with E-state index in [4.69, 9.17) is 9.84 Å². The van der Waals surface area contributed by atoms with Gasteiger partial charge in [0.15, 0.2) is 0 Å². The average molecular weight is 487 g/mol. The molecule has 0 saturated heterocycles. The Morgan fingerprint density at radius 3 is 2.51 bits per heavy atom. The highest BCUT2D eigenvalue weighted by atomic mass is 16.5. The first-order valence-corrected chi connectivity index (χ1v) is 14.7. The summed E-state index contributed by atoms with van der Waals surface area (Å²) in [6.45, 7) is 12.4. The molecule has 0 aromatic heterocycles. The van der Waals surface area contributed by atoms with E-state index in [-0.39, 0.29) is 30.3 Å². The maximum Gasteiger partial charge on any atom is 0.306 e. The molecule has 4 heteroatoms. The van der Waals surface area contributed by atoms with E-state index in [2.05, 4.69) is 40.7 Å². The Bertz CT molecular complexity index is 815. The van der Waals surface area contributed by atoms with E-state index in [1.807, 2.05) is 0 Å². The fourth-order valence-electron chi connectivity index (χ4n) is 9.21. The Hall–Kier alpha value is -1.32. The first-order valence-electron chi connectivity index (χ1n) is 14.7. The van der Waals surface area contributed by atoms with Gasteiger partial charge in [-0.1, -0.05) is 65.5 Å². The van der Waals surface area contributed by atoms with Crippen LogP contribution in [0, 0.1) is 46.3 Å². The van der Waals surface area contributed by atoms with E-state index in [9.17, 15) is 9.59 Å². The Morgan fingerprint density at radius 2 is 1.80 bits per heavy atom. The summed E-state index contributed by atoms with van der Waals surface area (Å²) >= 11 is 0. The van der Waals surface area contributed by atoms with E-state index >= 15 is 0 Å². The zero-order valence-electron chi connectivity index (χ0n) is 23.0. The van der Waals surface area contributed by atoms with E-state index in [0.29, 0.717) is 5.41 Å². The van der Waals surface area contributed by atoms with E-state index in [1.54, 1.807) is 0 Å². The molecule has 3 saturated carbocycles. The van der Waals surface area contributed by atoms with Crippen LogP contribution in [0.5, 0.6) is 0 Å². The SMILES string of the molecule is CC(C)CCC[C@@H](C)[C@H]1CC[C@H]2[C@@H]3CC=C4C[C@@H](OC(=O)CCC(=O)O)CC[C@]4(C)[C@@H]3CC[C@]12C. The summed E-state index contributed by atoms with van der Waals surface area (Å²) in [7, 11) is 0. The van der Waals surface area contributed by atoms with Crippen LogP contribution in [-0.4, -0.2) is 23.1 Å². The maximum absolute atomic E-state index is 12.1.